The largest absolute Gasteiger partial charge is 0.464 e. The molecule has 166 valence electrons. The average molecular weight is 438 g/mol. The molecule has 4 rings (SSSR count). The van der Waals surface area contributed by atoms with Gasteiger partial charge in [0.05, 0.1) is 12.8 Å². The van der Waals surface area contributed by atoms with Crippen LogP contribution in [0.25, 0.3) is 5.65 Å². The van der Waals surface area contributed by atoms with Gasteiger partial charge < -0.3 is 25.0 Å². The molecule has 0 bridgehead atoms. The smallest absolute Gasteiger partial charge is 0.338 e. The second-order valence-electron chi connectivity index (χ2n) is 7.40. The van der Waals surface area contributed by atoms with E-state index < -0.39 is 29.9 Å². The van der Waals surface area contributed by atoms with Crippen molar-refractivity contribution in [1.29, 1.82) is 5.26 Å². The molecule has 32 heavy (non-hydrogen) atoms. The van der Waals surface area contributed by atoms with Gasteiger partial charge in [-0.1, -0.05) is 29.8 Å². The van der Waals surface area contributed by atoms with Crippen LogP contribution in [-0.2, 0) is 26.4 Å². The van der Waals surface area contributed by atoms with Crippen molar-refractivity contribution in [2.75, 3.05) is 11.9 Å². The maximum absolute atomic E-state index is 12.2. The van der Waals surface area contributed by atoms with E-state index in [-0.39, 0.29) is 17.9 Å². The third-order valence-electron chi connectivity index (χ3n) is 5.27. The minimum Gasteiger partial charge on any atom is -0.464 e. The minimum atomic E-state index is -2.08. The maximum Gasteiger partial charge on any atom is 0.338 e. The zero-order valence-electron chi connectivity index (χ0n) is 17.5. The van der Waals surface area contributed by atoms with Crippen molar-refractivity contribution >= 4 is 17.4 Å². The molecular formula is C21H22N6O5. The zero-order chi connectivity index (χ0) is 22.9. The number of nitrogens with one attached hydrogen (secondary N) is 1. The first kappa shape index (κ1) is 21.6. The fourth-order valence-corrected chi connectivity index (χ4v) is 3.72. The van der Waals surface area contributed by atoms with Gasteiger partial charge in [0, 0.05) is 6.54 Å². The van der Waals surface area contributed by atoms with Gasteiger partial charge in [0.2, 0.25) is 5.60 Å². The standard InChI is InChI=1S/C21H22N6O5/c1-3-31-20(30)16-15(28)17(29)21(10-22,32-16)14-9-24-19-18(25-11-26-27(14)19)23-8-13-6-4-5-12(2)7-13/h4-7,9,11,15-17,28-29H,3,8H2,1-2H3,(H,23,25,26). The summed E-state index contributed by atoms with van der Waals surface area (Å²) in [5, 5.41) is 38.3. The van der Waals surface area contributed by atoms with Crippen LogP contribution < -0.4 is 5.32 Å². The van der Waals surface area contributed by atoms with E-state index in [1.54, 1.807) is 6.92 Å². The molecule has 0 amide bonds. The van der Waals surface area contributed by atoms with Gasteiger partial charge in [-0.3, -0.25) is 0 Å². The van der Waals surface area contributed by atoms with Gasteiger partial charge in [-0.15, -0.1) is 0 Å². The molecule has 4 atom stereocenters. The molecule has 11 nitrogen and oxygen atoms in total. The van der Waals surface area contributed by atoms with Crippen LogP contribution in [0.3, 0.4) is 0 Å². The van der Waals surface area contributed by atoms with Crippen molar-refractivity contribution in [3.63, 3.8) is 0 Å². The number of rotatable bonds is 6. The first-order valence-electron chi connectivity index (χ1n) is 10.0. The van der Waals surface area contributed by atoms with E-state index in [0.29, 0.717) is 12.4 Å². The summed E-state index contributed by atoms with van der Waals surface area (Å²) in [5.74, 6) is -0.476. The Bertz CT molecular complexity index is 1190. The van der Waals surface area contributed by atoms with Crippen LogP contribution in [0.1, 0.15) is 23.7 Å². The number of nitrogens with zero attached hydrogens (tertiary/aromatic N) is 5. The van der Waals surface area contributed by atoms with E-state index in [9.17, 15) is 20.3 Å². The lowest BCUT2D eigenvalue weighted by Gasteiger charge is -2.23. The van der Waals surface area contributed by atoms with Gasteiger partial charge in [0.1, 0.15) is 30.3 Å². The summed E-state index contributed by atoms with van der Waals surface area (Å²) < 4.78 is 11.8. The Labute approximate surface area is 183 Å². The van der Waals surface area contributed by atoms with Crippen LogP contribution in [0.2, 0.25) is 0 Å². The number of esters is 1. The lowest BCUT2D eigenvalue weighted by atomic mass is 9.93. The highest BCUT2D eigenvalue weighted by Gasteiger charge is 2.60. The number of aliphatic hydroxyl groups is 2. The monoisotopic (exact) mass is 438 g/mol. The minimum absolute atomic E-state index is 0.0503. The van der Waals surface area contributed by atoms with Crippen molar-refractivity contribution < 1.29 is 24.5 Å². The van der Waals surface area contributed by atoms with Crippen LogP contribution in [0.5, 0.6) is 0 Å². The number of carbonyl (C=O) groups is 1. The Balaban J connectivity index is 1.68. The number of carbonyl (C=O) groups excluding carboxylic acids is 1. The molecule has 3 aromatic rings. The molecule has 1 saturated heterocycles. The van der Waals surface area contributed by atoms with Crippen LogP contribution in [-0.4, -0.2) is 60.7 Å². The highest BCUT2D eigenvalue weighted by atomic mass is 16.6. The van der Waals surface area contributed by atoms with E-state index in [0.717, 1.165) is 11.1 Å². The fourth-order valence-electron chi connectivity index (χ4n) is 3.72. The molecule has 3 N–H and O–H groups in total. The third-order valence-corrected chi connectivity index (χ3v) is 5.27. The van der Waals surface area contributed by atoms with Crippen LogP contribution >= 0.6 is 0 Å². The number of hydrogen-bond donors (Lipinski definition) is 3. The Morgan fingerprint density at radius 1 is 1.41 bits per heavy atom. The summed E-state index contributed by atoms with van der Waals surface area (Å²) in [5.41, 5.74) is 0.414. The van der Waals surface area contributed by atoms with Crippen LogP contribution in [0.4, 0.5) is 5.82 Å². The second-order valence-corrected chi connectivity index (χ2v) is 7.40. The first-order chi connectivity index (χ1) is 15.4. The van der Waals surface area contributed by atoms with Crippen molar-refractivity contribution in [2.45, 2.75) is 44.3 Å². The van der Waals surface area contributed by atoms with Gasteiger partial charge in [-0.05, 0) is 19.4 Å². The molecule has 0 saturated carbocycles. The Morgan fingerprint density at radius 2 is 2.22 bits per heavy atom. The zero-order valence-corrected chi connectivity index (χ0v) is 17.5. The maximum atomic E-state index is 12.2. The SMILES string of the molecule is CCOC(=O)C1OC(C#N)(c2cnc3c(NCc4cccc(C)c4)ncnn23)C(O)C1O. The number of anilines is 1. The third kappa shape index (κ3) is 3.54. The number of aromatic nitrogens is 4. The lowest BCUT2D eigenvalue weighted by Crippen LogP contribution is -2.41. The highest BCUT2D eigenvalue weighted by molar-refractivity contribution is 5.76. The van der Waals surface area contributed by atoms with Gasteiger partial charge in [-0.25, -0.2) is 19.3 Å². The normalized spacial score (nSPS) is 24.9. The van der Waals surface area contributed by atoms with Gasteiger partial charge in [0.25, 0.3) is 0 Å². The Hall–Kier alpha value is -3.59. The Kier molecular flexibility index (Phi) is 5.75. The van der Waals surface area contributed by atoms with E-state index in [4.69, 9.17) is 9.47 Å². The summed E-state index contributed by atoms with van der Waals surface area (Å²) in [7, 11) is 0. The Morgan fingerprint density at radius 3 is 2.94 bits per heavy atom. The number of hydrogen-bond acceptors (Lipinski definition) is 10. The van der Waals surface area contributed by atoms with E-state index >= 15 is 0 Å². The number of fused-ring (bicyclic) bond motifs is 1. The number of aliphatic hydroxyl groups excluding tert-OH is 2. The number of aryl methyl sites for hydroxylation is 1. The van der Waals surface area contributed by atoms with Gasteiger partial charge in [-0.2, -0.15) is 10.4 Å². The predicted octanol–water partition coefficient (Wildman–Crippen LogP) is 0.447. The predicted molar refractivity (Wildman–Crippen MR) is 110 cm³/mol. The molecule has 0 radical (unpaired) electrons. The number of ether oxygens (including phenoxy) is 2. The van der Waals surface area contributed by atoms with E-state index in [2.05, 4.69) is 20.4 Å². The molecule has 0 spiro atoms. The van der Waals surface area contributed by atoms with Gasteiger partial charge >= 0.3 is 5.97 Å². The van der Waals surface area contributed by atoms with Crippen molar-refractivity contribution in [1.82, 2.24) is 19.6 Å². The van der Waals surface area contributed by atoms with Crippen LogP contribution in [0.15, 0.2) is 36.8 Å². The summed E-state index contributed by atoms with van der Waals surface area (Å²) in [6, 6.07) is 9.84. The van der Waals surface area contributed by atoms with Crippen LogP contribution in [0, 0.1) is 18.3 Å². The fraction of sp³-hybridized carbons (Fsp3) is 0.381. The molecule has 1 aliphatic heterocycles. The summed E-state index contributed by atoms with van der Waals surface area (Å²) in [6.07, 6.45) is -2.37. The van der Waals surface area contributed by atoms with Crippen molar-refractivity contribution in [3.8, 4) is 6.07 Å². The lowest BCUT2D eigenvalue weighted by molar-refractivity contribution is -0.162. The number of benzene rings is 1. The first-order valence-corrected chi connectivity index (χ1v) is 10.0. The molecule has 4 unspecified atom stereocenters. The molecule has 3 heterocycles. The molecule has 11 heteroatoms. The van der Waals surface area contributed by atoms with E-state index in [1.807, 2.05) is 37.3 Å². The average Bonchev–Trinajstić information content (AvgIpc) is 3.33. The molecule has 1 aliphatic rings. The van der Waals surface area contributed by atoms with Crippen molar-refractivity contribution in [2.24, 2.45) is 0 Å². The summed E-state index contributed by atoms with van der Waals surface area (Å²) in [6.45, 7) is 4.13. The topological polar surface area (TPSA) is 155 Å². The second kappa shape index (κ2) is 8.51. The molecule has 2 aromatic heterocycles. The van der Waals surface area contributed by atoms with Gasteiger partial charge in [0.15, 0.2) is 17.6 Å². The quantitative estimate of drug-likeness (QED) is 0.462. The molecule has 1 fully saturated rings. The highest BCUT2D eigenvalue weighted by Crippen LogP contribution is 2.40. The molecule has 0 aliphatic carbocycles. The molecule has 1 aromatic carbocycles. The number of nitriles is 1. The summed E-state index contributed by atoms with van der Waals surface area (Å²) >= 11 is 0. The number of imidazole rings is 1. The van der Waals surface area contributed by atoms with E-state index in [1.165, 1.54) is 17.0 Å². The molecular weight excluding hydrogens is 416 g/mol. The van der Waals surface area contributed by atoms with Crippen molar-refractivity contribution in [3.05, 3.63) is 53.6 Å². The summed E-state index contributed by atoms with van der Waals surface area (Å²) in [4.78, 5) is 20.7.